The molecule has 2 aliphatic rings. The molecule has 0 radical (unpaired) electrons. The number of piperidine rings is 1. The molecule has 132 valence electrons. The number of fused-ring (bicyclic) bond motifs is 1. The highest BCUT2D eigenvalue weighted by Gasteiger charge is 2.71. The van der Waals surface area contributed by atoms with Crippen molar-refractivity contribution in [3.05, 3.63) is 17.8 Å². The highest BCUT2D eigenvalue weighted by atomic mass is 32.1. The van der Waals surface area contributed by atoms with Crippen LogP contribution in [0.4, 0.5) is 20.5 Å². The van der Waals surface area contributed by atoms with Gasteiger partial charge in [0.25, 0.3) is 5.92 Å². The van der Waals surface area contributed by atoms with Crippen LogP contribution in [-0.2, 0) is 0 Å². The van der Waals surface area contributed by atoms with Gasteiger partial charge in [-0.3, -0.25) is 0 Å². The van der Waals surface area contributed by atoms with Crippen molar-refractivity contribution in [3.63, 3.8) is 0 Å². The van der Waals surface area contributed by atoms with Crippen LogP contribution >= 0.6 is 11.3 Å². The minimum absolute atomic E-state index is 0.335. The van der Waals surface area contributed by atoms with Gasteiger partial charge in [0.1, 0.15) is 10.8 Å². The van der Waals surface area contributed by atoms with Gasteiger partial charge in [0, 0.05) is 36.4 Å². The molecule has 4 rings (SSSR count). The first-order chi connectivity index (χ1) is 11.6. The van der Waals surface area contributed by atoms with Crippen molar-refractivity contribution in [2.45, 2.75) is 33.6 Å². The monoisotopic (exact) mass is 355 g/mol. The number of aromatic nitrogens is 3. The van der Waals surface area contributed by atoms with Crippen molar-refractivity contribution in [3.8, 4) is 10.6 Å². The molecule has 2 fully saturated rings. The Labute approximate surface area is 145 Å². The normalized spacial score (nSPS) is 22.7. The highest BCUT2D eigenvalue weighted by molar-refractivity contribution is 7.13. The van der Waals surface area contributed by atoms with Gasteiger partial charge in [-0.2, -0.15) is 0 Å². The first-order valence-electron chi connectivity index (χ1n) is 8.22. The fraction of sp³-hybridized carbons (Fsp3) is 0.562. The second-order valence-electron chi connectivity index (χ2n) is 5.14. The molecule has 1 saturated heterocycles. The maximum absolute atomic E-state index is 13.1. The summed E-state index contributed by atoms with van der Waals surface area (Å²) >= 11 is 1.42. The molecule has 3 heterocycles. The highest BCUT2D eigenvalue weighted by Crippen LogP contribution is 2.59. The molecule has 2 N–H and O–H groups in total. The Bertz CT molecular complexity index is 645. The first-order valence-corrected chi connectivity index (χ1v) is 9.10. The van der Waals surface area contributed by atoms with E-state index in [-0.39, 0.29) is 0 Å². The standard InChI is InChI=1S/C12H11F2N5S.2C2H6/c13-12(14)7-3-19(4-8(7)12)11-16-1-6(2-17-11)10-18-9(15)5-20-10;2*1-2/h1-2,5,7-8H,3-4,15H2;2*1-2H3. The van der Waals surface area contributed by atoms with Crippen LogP contribution in [0.25, 0.3) is 10.6 Å². The summed E-state index contributed by atoms with van der Waals surface area (Å²) in [4.78, 5) is 14.5. The predicted octanol–water partition coefficient (Wildman–Crippen LogP) is 3.94. The maximum Gasteiger partial charge on any atom is 0.258 e. The fourth-order valence-corrected chi connectivity index (χ4v) is 3.37. The number of hydrogen-bond donors (Lipinski definition) is 1. The number of nitrogen functional groups attached to an aromatic ring is 1. The molecule has 24 heavy (non-hydrogen) atoms. The summed E-state index contributed by atoms with van der Waals surface area (Å²) in [5.41, 5.74) is 6.35. The third-order valence-electron chi connectivity index (χ3n) is 3.89. The number of halogens is 2. The maximum atomic E-state index is 13.1. The van der Waals surface area contributed by atoms with E-state index in [1.54, 1.807) is 17.8 Å². The van der Waals surface area contributed by atoms with Crippen molar-refractivity contribution in [1.29, 1.82) is 0 Å². The summed E-state index contributed by atoms with van der Waals surface area (Å²) < 4.78 is 26.3. The number of rotatable bonds is 2. The largest absolute Gasteiger partial charge is 0.383 e. The average Bonchev–Trinajstić information content (AvgIpc) is 3.08. The van der Waals surface area contributed by atoms with Crippen LogP contribution < -0.4 is 10.6 Å². The lowest BCUT2D eigenvalue weighted by Crippen LogP contribution is -2.28. The SMILES string of the molecule is CC.CC.Nc1csc(-c2cnc(N3CC4C(C3)C4(F)F)nc2)n1. The van der Waals surface area contributed by atoms with E-state index in [1.165, 1.54) is 11.3 Å². The molecule has 8 heteroatoms. The van der Waals surface area contributed by atoms with E-state index in [1.807, 2.05) is 32.6 Å². The van der Waals surface area contributed by atoms with Crippen LogP contribution in [0.3, 0.4) is 0 Å². The van der Waals surface area contributed by atoms with Crippen molar-refractivity contribution in [2.24, 2.45) is 11.8 Å². The Balaban J connectivity index is 0.000000487. The number of thiazole rings is 1. The van der Waals surface area contributed by atoms with Crippen molar-refractivity contribution < 1.29 is 8.78 Å². The van der Waals surface area contributed by atoms with Crippen LogP contribution in [0.1, 0.15) is 27.7 Å². The fourth-order valence-electron chi connectivity index (χ4n) is 2.68. The molecular weight excluding hydrogens is 332 g/mol. The van der Waals surface area contributed by atoms with E-state index in [2.05, 4.69) is 15.0 Å². The van der Waals surface area contributed by atoms with Gasteiger partial charge in [-0.05, 0) is 0 Å². The van der Waals surface area contributed by atoms with Gasteiger partial charge in [-0.1, -0.05) is 27.7 Å². The van der Waals surface area contributed by atoms with Gasteiger partial charge >= 0.3 is 0 Å². The minimum atomic E-state index is -2.48. The van der Waals surface area contributed by atoms with E-state index in [0.29, 0.717) is 24.9 Å². The van der Waals surface area contributed by atoms with Crippen molar-refractivity contribution in [1.82, 2.24) is 15.0 Å². The Morgan fingerprint density at radius 2 is 1.67 bits per heavy atom. The molecule has 2 aromatic rings. The molecule has 0 aromatic carbocycles. The molecule has 1 aliphatic carbocycles. The quantitative estimate of drug-likeness (QED) is 0.884. The lowest BCUT2D eigenvalue weighted by Gasteiger charge is -2.19. The lowest BCUT2D eigenvalue weighted by molar-refractivity contribution is 0.0796. The van der Waals surface area contributed by atoms with Crippen LogP contribution in [0.5, 0.6) is 0 Å². The number of alkyl halides is 2. The zero-order valence-corrected chi connectivity index (χ0v) is 15.1. The van der Waals surface area contributed by atoms with Crippen molar-refractivity contribution in [2.75, 3.05) is 23.7 Å². The molecular formula is C16H23F2N5S. The smallest absolute Gasteiger partial charge is 0.258 e. The van der Waals surface area contributed by atoms with E-state index in [9.17, 15) is 8.78 Å². The Morgan fingerprint density at radius 3 is 2.12 bits per heavy atom. The second kappa shape index (κ2) is 7.38. The zero-order valence-electron chi connectivity index (χ0n) is 14.3. The van der Waals surface area contributed by atoms with E-state index in [0.717, 1.165) is 10.6 Å². The third kappa shape index (κ3) is 3.33. The molecule has 1 saturated carbocycles. The molecule has 2 aromatic heterocycles. The summed E-state index contributed by atoms with van der Waals surface area (Å²) in [6.45, 7) is 8.67. The van der Waals surface area contributed by atoms with Gasteiger partial charge in [-0.25, -0.2) is 23.7 Å². The van der Waals surface area contributed by atoms with Gasteiger partial charge in [0.05, 0.1) is 11.8 Å². The second-order valence-corrected chi connectivity index (χ2v) is 6.00. The molecule has 5 nitrogen and oxygen atoms in total. The Hall–Kier alpha value is -1.83. The summed E-state index contributed by atoms with van der Waals surface area (Å²) in [5, 5.41) is 2.50. The minimum Gasteiger partial charge on any atom is -0.383 e. The summed E-state index contributed by atoms with van der Waals surface area (Å²) in [6.07, 6.45) is 3.31. The summed E-state index contributed by atoms with van der Waals surface area (Å²) in [7, 11) is 0. The van der Waals surface area contributed by atoms with E-state index in [4.69, 9.17) is 5.73 Å². The van der Waals surface area contributed by atoms with Crippen LogP contribution in [0.15, 0.2) is 17.8 Å². The van der Waals surface area contributed by atoms with Gasteiger partial charge in [0.15, 0.2) is 0 Å². The Kier molecular flexibility index (Phi) is 5.69. The topological polar surface area (TPSA) is 67.9 Å². The number of nitrogens with two attached hydrogens (primary N) is 1. The summed E-state index contributed by atoms with van der Waals surface area (Å²) in [5.74, 6) is -2.55. The molecule has 2 atom stereocenters. The third-order valence-corrected chi connectivity index (χ3v) is 4.80. The number of nitrogens with zero attached hydrogens (tertiary/aromatic N) is 4. The van der Waals surface area contributed by atoms with Gasteiger partial charge in [-0.15, -0.1) is 11.3 Å². The first kappa shape index (κ1) is 18.5. The number of hydrogen-bond acceptors (Lipinski definition) is 6. The summed E-state index contributed by atoms with van der Waals surface area (Å²) in [6, 6.07) is 0. The van der Waals surface area contributed by atoms with Gasteiger partial charge < -0.3 is 10.6 Å². The van der Waals surface area contributed by atoms with E-state index >= 15 is 0 Å². The lowest BCUT2D eigenvalue weighted by atomic mass is 10.3. The molecule has 0 bridgehead atoms. The van der Waals surface area contributed by atoms with Crippen molar-refractivity contribution >= 4 is 23.1 Å². The average molecular weight is 355 g/mol. The van der Waals surface area contributed by atoms with Crippen LogP contribution in [0, 0.1) is 11.8 Å². The zero-order chi connectivity index (χ0) is 17.9. The predicted molar refractivity (Wildman–Crippen MR) is 94.4 cm³/mol. The van der Waals surface area contributed by atoms with E-state index < -0.39 is 17.8 Å². The molecule has 0 amide bonds. The Morgan fingerprint density at radius 1 is 1.12 bits per heavy atom. The number of anilines is 2. The van der Waals surface area contributed by atoms with Crippen LogP contribution in [-0.4, -0.2) is 34.0 Å². The molecule has 0 spiro atoms. The van der Waals surface area contributed by atoms with Crippen LogP contribution in [0.2, 0.25) is 0 Å². The molecule has 2 unspecified atom stereocenters. The molecule has 1 aliphatic heterocycles. The van der Waals surface area contributed by atoms with Gasteiger partial charge in [0.2, 0.25) is 5.95 Å².